The van der Waals surface area contributed by atoms with Crippen LogP contribution in [-0.4, -0.2) is 36.7 Å². The minimum Gasteiger partial charge on any atom is -0.360 e. The summed E-state index contributed by atoms with van der Waals surface area (Å²) in [6.45, 7) is 4.91. The molecule has 3 rings (SSSR count). The molecule has 2 aromatic heterocycles. The Morgan fingerprint density at radius 2 is 1.89 bits per heavy atom. The van der Waals surface area contributed by atoms with Gasteiger partial charge in [0.1, 0.15) is 9.92 Å². The zero-order chi connectivity index (χ0) is 19.3. The summed E-state index contributed by atoms with van der Waals surface area (Å²) in [5.74, 6) is 0. The van der Waals surface area contributed by atoms with Crippen LogP contribution in [0.3, 0.4) is 0 Å². The van der Waals surface area contributed by atoms with E-state index in [4.69, 9.17) is 0 Å². The summed E-state index contributed by atoms with van der Waals surface area (Å²) >= 11 is 2.78. The second-order valence-electron chi connectivity index (χ2n) is 5.34. The largest absolute Gasteiger partial charge is 0.360 e. The number of pyridine rings is 1. The third-order valence-corrected chi connectivity index (χ3v) is 7.32. The van der Waals surface area contributed by atoms with Gasteiger partial charge in [0.25, 0.3) is 10.0 Å². The van der Waals surface area contributed by atoms with Crippen LogP contribution in [0.1, 0.15) is 13.8 Å². The third-order valence-electron chi connectivity index (χ3n) is 3.55. The van der Waals surface area contributed by atoms with Gasteiger partial charge in [0, 0.05) is 19.3 Å². The fourth-order valence-electron chi connectivity index (χ4n) is 2.36. The molecular formula is C17H19N5O2S3. The van der Waals surface area contributed by atoms with Crippen molar-refractivity contribution in [3.63, 3.8) is 0 Å². The lowest BCUT2D eigenvalue weighted by molar-refractivity contribution is 0.591. The summed E-state index contributed by atoms with van der Waals surface area (Å²) in [6.07, 6.45) is 1.38. The van der Waals surface area contributed by atoms with Crippen molar-refractivity contribution in [2.24, 2.45) is 0 Å². The molecular weight excluding hydrogens is 402 g/mol. The molecule has 142 valence electrons. The first-order valence-corrected chi connectivity index (χ1v) is 11.4. The number of sulfonamides is 1. The highest BCUT2D eigenvalue weighted by Crippen LogP contribution is 2.31. The van der Waals surface area contributed by atoms with E-state index in [1.165, 1.54) is 33.6 Å². The van der Waals surface area contributed by atoms with Gasteiger partial charge in [-0.25, -0.2) is 13.4 Å². The van der Waals surface area contributed by atoms with E-state index in [0.29, 0.717) is 17.3 Å². The van der Waals surface area contributed by atoms with Crippen LogP contribution in [0.15, 0.2) is 62.9 Å². The molecule has 3 aromatic rings. The molecule has 7 nitrogen and oxygen atoms in total. The number of nitrogens with one attached hydrogen (secondary N) is 1. The van der Waals surface area contributed by atoms with Crippen LogP contribution < -0.4 is 9.62 Å². The molecule has 0 aliphatic heterocycles. The van der Waals surface area contributed by atoms with Crippen LogP contribution in [0.5, 0.6) is 0 Å². The minimum absolute atomic E-state index is 0.156. The van der Waals surface area contributed by atoms with Gasteiger partial charge in [-0.15, -0.1) is 10.2 Å². The predicted octanol–water partition coefficient (Wildman–Crippen LogP) is 3.73. The maximum Gasteiger partial charge on any atom is 0.265 e. The summed E-state index contributed by atoms with van der Waals surface area (Å²) in [5.41, 5.74) is 0.628. The Balaban J connectivity index is 1.79. The molecule has 0 unspecified atom stereocenters. The summed E-state index contributed by atoms with van der Waals surface area (Å²) in [4.78, 5) is 4.44. The molecule has 0 saturated carbocycles. The van der Waals surface area contributed by atoms with E-state index in [0.717, 1.165) is 16.0 Å². The monoisotopic (exact) mass is 421 g/mol. The molecule has 0 spiro atoms. The van der Waals surface area contributed by atoms with Crippen molar-refractivity contribution in [1.29, 1.82) is 0 Å². The molecule has 0 aliphatic carbocycles. The number of nitrogens with zero attached hydrogens (tertiary/aromatic N) is 4. The van der Waals surface area contributed by atoms with Gasteiger partial charge in [-0.2, -0.15) is 0 Å². The molecule has 0 bridgehead atoms. The first-order chi connectivity index (χ1) is 13.0. The van der Waals surface area contributed by atoms with Crippen LogP contribution in [0.2, 0.25) is 0 Å². The van der Waals surface area contributed by atoms with E-state index < -0.39 is 10.0 Å². The van der Waals surface area contributed by atoms with Gasteiger partial charge in [0.05, 0.1) is 5.69 Å². The molecule has 0 radical (unpaired) electrons. The maximum atomic E-state index is 13.0. The van der Waals surface area contributed by atoms with Crippen molar-refractivity contribution in [2.75, 3.05) is 22.7 Å². The summed E-state index contributed by atoms with van der Waals surface area (Å²) < 4.78 is 28.0. The number of para-hydroxylation sites is 1. The summed E-state index contributed by atoms with van der Waals surface area (Å²) in [5, 5.41) is 12.6. The topological polar surface area (TPSA) is 88.1 Å². The number of hydrogen-bond donors (Lipinski definition) is 1. The number of rotatable bonds is 8. The number of hydrogen-bond acceptors (Lipinski definition) is 8. The van der Waals surface area contributed by atoms with E-state index in [1.54, 1.807) is 31.2 Å². The molecule has 27 heavy (non-hydrogen) atoms. The van der Waals surface area contributed by atoms with Gasteiger partial charge in [0.15, 0.2) is 4.34 Å². The predicted molar refractivity (Wildman–Crippen MR) is 109 cm³/mol. The van der Waals surface area contributed by atoms with Crippen LogP contribution >= 0.6 is 23.1 Å². The lowest BCUT2D eigenvalue weighted by atomic mass is 10.3. The molecule has 0 fully saturated rings. The molecule has 0 saturated heterocycles. The SMILES string of the molecule is CCNc1nnc(Sc2ccc(S(=O)(=O)N(CC)c3ccccc3)cn2)s1. The van der Waals surface area contributed by atoms with Crippen LogP contribution in [-0.2, 0) is 10.0 Å². The lowest BCUT2D eigenvalue weighted by Gasteiger charge is -2.22. The van der Waals surface area contributed by atoms with Crippen molar-refractivity contribution >= 4 is 43.9 Å². The van der Waals surface area contributed by atoms with E-state index in [1.807, 2.05) is 25.1 Å². The molecule has 2 heterocycles. The molecule has 1 N–H and O–H groups in total. The molecule has 0 aliphatic rings. The summed E-state index contributed by atoms with van der Waals surface area (Å²) in [6, 6.07) is 12.3. The zero-order valence-corrected chi connectivity index (χ0v) is 17.3. The Bertz CT molecular complexity index is 975. The molecule has 0 atom stereocenters. The van der Waals surface area contributed by atoms with E-state index in [9.17, 15) is 8.42 Å². The highest BCUT2D eigenvalue weighted by Gasteiger charge is 2.24. The molecule has 1 aromatic carbocycles. The van der Waals surface area contributed by atoms with Gasteiger partial charge in [-0.3, -0.25) is 4.31 Å². The second-order valence-corrected chi connectivity index (χ2v) is 9.45. The number of aromatic nitrogens is 3. The van der Waals surface area contributed by atoms with Crippen molar-refractivity contribution in [3.05, 3.63) is 48.7 Å². The Kier molecular flexibility index (Phi) is 6.30. The van der Waals surface area contributed by atoms with Gasteiger partial charge in [0.2, 0.25) is 5.13 Å². The fourth-order valence-corrected chi connectivity index (χ4v) is 5.48. The minimum atomic E-state index is -3.67. The maximum absolute atomic E-state index is 13.0. The number of benzene rings is 1. The first kappa shape index (κ1) is 19.6. The van der Waals surface area contributed by atoms with Gasteiger partial charge >= 0.3 is 0 Å². The fraction of sp³-hybridized carbons (Fsp3) is 0.235. The van der Waals surface area contributed by atoms with E-state index in [-0.39, 0.29) is 4.90 Å². The Labute approximate surface area is 166 Å². The highest BCUT2D eigenvalue weighted by atomic mass is 32.2. The van der Waals surface area contributed by atoms with Crippen molar-refractivity contribution in [1.82, 2.24) is 15.2 Å². The van der Waals surface area contributed by atoms with E-state index in [2.05, 4.69) is 20.5 Å². The Morgan fingerprint density at radius 1 is 1.11 bits per heavy atom. The third kappa shape index (κ3) is 4.57. The van der Waals surface area contributed by atoms with Crippen molar-refractivity contribution in [3.8, 4) is 0 Å². The van der Waals surface area contributed by atoms with Crippen LogP contribution in [0.25, 0.3) is 0 Å². The van der Waals surface area contributed by atoms with Gasteiger partial charge in [-0.05, 0) is 49.9 Å². The average molecular weight is 422 g/mol. The first-order valence-electron chi connectivity index (χ1n) is 8.33. The molecule has 0 amide bonds. The van der Waals surface area contributed by atoms with Crippen molar-refractivity contribution in [2.45, 2.75) is 28.1 Å². The second kappa shape index (κ2) is 8.68. The quantitative estimate of drug-likeness (QED) is 0.593. The summed E-state index contributed by atoms with van der Waals surface area (Å²) in [7, 11) is -3.67. The van der Waals surface area contributed by atoms with Gasteiger partial charge in [-0.1, -0.05) is 29.5 Å². The smallest absolute Gasteiger partial charge is 0.265 e. The Hall–Kier alpha value is -2.17. The van der Waals surface area contributed by atoms with Crippen LogP contribution in [0, 0.1) is 0 Å². The van der Waals surface area contributed by atoms with Gasteiger partial charge < -0.3 is 5.32 Å². The lowest BCUT2D eigenvalue weighted by Crippen LogP contribution is -2.30. The highest BCUT2D eigenvalue weighted by molar-refractivity contribution is 8.01. The van der Waals surface area contributed by atoms with Crippen LogP contribution in [0.4, 0.5) is 10.8 Å². The standard InChI is InChI=1S/C17H19N5O2S3/c1-3-18-16-20-21-17(26-16)25-15-11-10-14(12-19-15)27(23,24)22(4-2)13-8-6-5-7-9-13/h5-12H,3-4H2,1-2H3,(H,18,20). The normalized spacial score (nSPS) is 11.3. The number of anilines is 2. The zero-order valence-electron chi connectivity index (χ0n) is 14.9. The van der Waals surface area contributed by atoms with Crippen molar-refractivity contribution < 1.29 is 8.42 Å². The molecule has 10 heteroatoms. The average Bonchev–Trinajstić information content (AvgIpc) is 3.11. The Morgan fingerprint density at radius 3 is 2.52 bits per heavy atom. The van der Waals surface area contributed by atoms with E-state index >= 15 is 0 Å².